The Morgan fingerprint density at radius 2 is 2.00 bits per heavy atom. The standard InChI is InChI=1S/C31H39BN2O6/c1-5-27(35)34-21-10-12-31(34,13-11-21)18-38-28(36)33-26(14-19-17-37-23-9-7-6-8-22(19)23)32-39-25-16-20-15-24(29(20,2)3)30(25,4)40-32/h5-9,17,20-21,24-26H,1,10-16,18H2,2-4H3,(H,33,36)/t20-,21?,24-,25+,26-,30-,31?/m0/s1. The average molecular weight is 546 g/mol. The van der Waals surface area contributed by atoms with Crippen LogP contribution in [0.1, 0.15) is 64.9 Å². The predicted octanol–water partition coefficient (Wildman–Crippen LogP) is 5.05. The molecule has 2 aromatic rings. The van der Waals surface area contributed by atoms with Crippen molar-refractivity contribution in [3.8, 4) is 0 Å². The van der Waals surface area contributed by atoms with Crippen molar-refractivity contribution in [2.45, 2.75) is 94.9 Å². The highest BCUT2D eigenvalue weighted by molar-refractivity contribution is 6.48. The highest BCUT2D eigenvalue weighted by Gasteiger charge is 2.68. The summed E-state index contributed by atoms with van der Waals surface area (Å²) in [7, 11) is -0.606. The molecule has 8 rings (SSSR count). The molecule has 3 aliphatic carbocycles. The van der Waals surface area contributed by atoms with Gasteiger partial charge in [0.05, 0.1) is 29.4 Å². The van der Waals surface area contributed by atoms with Gasteiger partial charge in [0.1, 0.15) is 12.2 Å². The average Bonchev–Trinajstić information content (AvgIpc) is 3.70. The molecule has 3 aliphatic heterocycles. The minimum atomic E-state index is -0.606. The number of alkyl carbamates (subject to hydrolysis) is 1. The van der Waals surface area contributed by atoms with Crippen molar-refractivity contribution in [1.82, 2.24) is 10.2 Å². The second-order valence-electron chi connectivity index (χ2n) is 13.5. The van der Waals surface area contributed by atoms with E-state index in [4.69, 9.17) is 18.5 Å². The first kappa shape index (κ1) is 26.1. The molecule has 1 aromatic carbocycles. The van der Waals surface area contributed by atoms with Crippen LogP contribution in [-0.2, 0) is 25.3 Å². The van der Waals surface area contributed by atoms with E-state index in [1.165, 1.54) is 6.08 Å². The summed E-state index contributed by atoms with van der Waals surface area (Å²) >= 11 is 0. The molecule has 9 heteroatoms. The van der Waals surface area contributed by atoms with Gasteiger partial charge in [-0.15, -0.1) is 0 Å². The van der Waals surface area contributed by atoms with Crippen LogP contribution in [0, 0.1) is 17.3 Å². The smallest absolute Gasteiger partial charge is 0.464 e. The van der Waals surface area contributed by atoms with Gasteiger partial charge >= 0.3 is 13.2 Å². The van der Waals surface area contributed by atoms with Crippen LogP contribution in [0.4, 0.5) is 4.79 Å². The van der Waals surface area contributed by atoms with Gasteiger partial charge in [-0.2, -0.15) is 0 Å². The van der Waals surface area contributed by atoms with Gasteiger partial charge in [-0.05, 0) is 86.8 Å². The Labute approximate surface area is 235 Å². The number of amides is 2. The number of nitrogens with one attached hydrogen (secondary N) is 1. The molecular weight excluding hydrogens is 507 g/mol. The topological polar surface area (TPSA) is 90.2 Å². The quantitative estimate of drug-likeness (QED) is 0.386. The van der Waals surface area contributed by atoms with Crippen molar-refractivity contribution in [2.24, 2.45) is 17.3 Å². The SMILES string of the molecule is C=CC(=O)N1C2CCC1(COC(=O)N[C@@H](Cc1coc3ccccc13)B1O[C@@H]3C[C@@H]4C[C@@H](C4(C)C)[C@]3(C)O1)CC2. The van der Waals surface area contributed by atoms with Crippen molar-refractivity contribution >= 4 is 30.1 Å². The Morgan fingerprint density at radius 1 is 1.23 bits per heavy atom. The summed E-state index contributed by atoms with van der Waals surface area (Å²) < 4.78 is 25.0. The molecule has 1 N–H and O–H groups in total. The van der Waals surface area contributed by atoms with Gasteiger partial charge in [0.2, 0.25) is 5.91 Å². The van der Waals surface area contributed by atoms with Crippen LogP contribution in [0.3, 0.4) is 0 Å². The molecular formula is C31H39BN2O6. The van der Waals surface area contributed by atoms with Crippen LogP contribution < -0.4 is 5.32 Å². The van der Waals surface area contributed by atoms with Crippen molar-refractivity contribution in [1.29, 1.82) is 0 Å². The third-order valence-corrected chi connectivity index (χ3v) is 11.2. The fourth-order valence-electron chi connectivity index (χ4n) is 8.86. The first-order chi connectivity index (χ1) is 19.1. The minimum absolute atomic E-state index is 0.00182. The number of ether oxygens (including phenoxy) is 1. The van der Waals surface area contributed by atoms with E-state index in [2.05, 4.69) is 32.7 Å². The zero-order chi connectivity index (χ0) is 27.9. The van der Waals surface area contributed by atoms with E-state index in [0.29, 0.717) is 18.3 Å². The lowest BCUT2D eigenvalue weighted by Crippen LogP contribution is -2.65. The summed E-state index contributed by atoms with van der Waals surface area (Å²) in [6.45, 7) is 10.7. The number of benzene rings is 1. The Hall–Kier alpha value is -2.78. The Balaban J connectivity index is 1.10. The third-order valence-electron chi connectivity index (χ3n) is 11.2. The summed E-state index contributed by atoms with van der Waals surface area (Å²) in [6.07, 6.45) is 8.74. The van der Waals surface area contributed by atoms with Gasteiger partial charge in [-0.3, -0.25) is 4.79 Å². The van der Waals surface area contributed by atoms with Crippen LogP contribution in [-0.4, -0.2) is 59.9 Å². The first-order valence-corrected chi connectivity index (χ1v) is 14.8. The minimum Gasteiger partial charge on any atom is -0.464 e. The maximum absolute atomic E-state index is 13.4. The number of furan rings is 1. The second kappa shape index (κ2) is 9.11. The molecule has 5 atom stereocenters. The van der Waals surface area contributed by atoms with Crippen molar-refractivity contribution in [3.05, 3.63) is 48.7 Å². The second-order valence-corrected chi connectivity index (χ2v) is 13.5. The lowest BCUT2D eigenvalue weighted by atomic mass is 9.43. The van der Waals surface area contributed by atoms with E-state index in [9.17, 15) is 9.59 Å². The van der Waals surface area contributed by atoms with Crippen molar-refractivity contribution in [2.75, 3.05) is 6.61 Å². The predicted molar refractivity (Wildman–Crippen MR) is 150 cm³/mol. The number of nitrogens with zero attached hydrogens (tertiary/aromatic N) is 1. The molecule has 6 aliphatic rings. The highest BCUT2D eigenvalue weighted by atomic mass is 16.7. The maximum Gasteiger partial charge on any atom is 0.482 e. The molecule has 4 bridgehead atoms. The van der Waals surface area contributed by atoms with Gasteiger partial charge < -0.3 is 28.7 Å². The molecule has 0 radical (unpaired) electrons. The Bertz CT molecular complexity index is 1350. The molecule has 40 heavy (non-hydrogen) atoms. The van der Waals surface area contributed by atoms with E-state index < -0.39 is 30.3 Å². The molecule has 1 aromatic heterocycles. The van der Waals surface area contributed by atoms with Gasteiger partial charge in [0.15, 0.2) is 0 Å². The van der Waals surface area contributed by atoms with Crippen molar-refractivity contribution < 1.29 is 28.1 Å². The zero-order valence-electron chi connectivity index (χ0n) is 23.7. The van der Waals surface area contributed by atoms with Crippen LogP contribution in [0.25, 0.3) is 11.0 Å². The number of rotatable bonds is 7. The van der Waals surface area contributed by atoms with E-state index in [-0.39, 0.29) is 30.1 Å². The van der Waals surface area contributed by atoms with Gasteiger partial charge in [0, 0.05) is 11.4 Å². The van der Waals surface area contributed by atoms with Crippen LogP contribution in [0.2, 0.25) is 0 Å². The molecule has 212 valence electrons. The van der Waals surface area contributed by atoms with Gasteiger partial charge in [0.25, 0.3) is 0 Å². The van der Waals surface area contributed by atoms with E-state index in [0.717, 1.165) is 55.1 Å². The molecule has 0 unspecified atom stereocenters. The number of hydrogen-bond acceptors (Lipinski definition) is 6. The maximum atomic E-state index is 13.4. The number of carbonyl (C=O) groups excluding carboxylic acids is 2. The monoisotopic (exact) mass is 546 g/mol. The van der Waals surface area contributed by atoms with Crippen LogP contribution in [0.5, 0.6) is 0 Å². The lowest BCUT2D eigenvalue weighted by molar-refractivity contribution is -0.199. The number of hydrogen-bond donors (Lipinski definition) is 1. The number of carbonyl (C=O) groups is 2. The fourth-order valence-corrected chi connectivity index (χ4v) is 8.86. The molecule has 6 fully saturated rings. The van der Waals surface area contributed by atoms with Gasteiger partial charge in [-0.1, -0.05) is 38.6 Å². The molecule has 4 heterocycles. The summed E-state index contributed by atoms with van der Waals surface area (Å²) in [5.74, 6) is 0.494. The van der Waals surface area contributed by atoms with E-state index in [1.807, 2.05) is 29.2 Å². The number of para-hydroxylation sites is 1. The van der Waals surface area contributed by atoms with E-state index in [1.54, 1.807) is 6.26 Å². The summed E-state index contributed by atoms with van der Waals surface area (Å²) in [5.41, 5.74) is 1.17. The number of fused-ring (bicyclic) bond motifs is 3. The Kier molecular flexibility index (Phi) is 5.96. The molecule has 0 spiro atoms. The normalized spacial score (nSPS) is 35.8. The van der Waals surface area contributed by atoms with Crippen molar-refractivity contribution in [3.63, 3.8) is 0 Å². The van der Waals surface area contributed by atoms with Gasteiger partial charge in [-0.25, -0.2) is 4.79 Å². The van der Waals surface area contributed by atoms with Crippen LogP contribution in [0.15, 0.2) is 47.6 Å². The zero-order valence-corrected chi connectivity index (χ0v) is 23.7. The summed E-state index contributed by atoms with van der Waals surface area (Å²) in [5, 5.41) is 4.11. The third kappa shape index (κ3) is 3.80. The molecule has 2 amide bonds. The lowest BCUT2D eigenvalue weighted by Gasteiger charge is -2.64. The summed E-state index contributed by atoms with van der Waals surface area (Å²) in [4.78, 5) is 27.8. The fraction of sp³-hybridized carbons (Fsp3) is 0.613. The molecule has 3 saturated heterocycles. The summed E-state index contributed by atoms with van der Waals surface area (Å²) in [6, 6.07) is 8.10. The Morgan fingerprint density at radius 3 is 2.75 bits per heavy atom. The first-order valence-electron chi connectivity index (χ1n) is 14.8. The molecule has 3 saturated carbocycles. The van der Waals surface area contributed by atoms with Crippen LogP contribution >= 0.6 is 0 Å². The highest BCUT2D eigenvalue weighted by Crippen LogP contribution is 2.65. The van der Waals surface area contributed by atoms with E-state index >= 15 is 0 Å². The largest absolute Gasteiger partial charge is 0.482 e. The molecule has 8 nitrogen and oxygen atoms in total.